The van der Waals surface area contributed by atoms with E-state index in [1.54, 1.807) is 12.5 Å². The molecule has 38 heavy (non-hydrogen) atoms. The molecule has 1 aromatic heterocycles. The zero-order valence-electron chi connectivity index (χ0n) is 21.3. The van der Waals surface area contributed by atoms with Gasteiger partial charge in [-0.25, -0.2) is 4.98 Å². The second-order valence-corrected chi connectivity index (χ2v) is 8.62. The van der Waals surface area contributed by atoms with Crippen LogP contribution in [0.5, 0.6) is 0 Å². The molecule has 0 fully saturated rings. The number of aromatic nitrogens is 2. The maximum atomic E-state index is 10.9. The number of hydrogen-bond acceptors (Lipinski definition) is 4. The Morgan fingerprint density at radius 3 is 1.37 bits per heavy atom. The van der Waals surface area contributed by atoms with E-state index in [0.717, 1.165) is 5.69 Å². The van der Waals surface area contributed by atoms with Crippen LogP contribution in [0.15, 0.2) is 134 Å². The summed E-state index contributed by atoms with van der Waals surface area (Å²) in [5, 5.41) is 0. The van der Waals surface area contributed by atoms with Gasteiger partial charge in [-0.3, -0.25) is 4.79 Å². The summed E-state index contributed by atoms with van der Waals surface area (Å²) < 4.78 is 4.46. The molecule has 4 aromatic carbocycles. The van der Waals surface area contributed by atoms with E-state index in [-0.39, 0.29) is 0 Å². The highest BCUT2D eigenvalue weighted by atomic mass is 16.5. The first kappa shape index (κ1) is 26.3. The lowest BCUT2D eigenvalue weighted by molar-refractivity contribution is -0.142. The second kappa shape index (κ2) is 13.5. The predicted molar refractivity (Wildman–Crippen MR) is 153 cm³/mol. The summed E-state index contributed by atoms with van der Waals surface area (Å²) in [5.74, 6) is -0.412. The number of imidazole rings is 1. The van der Waals surface area contributed by atoms with Gasteiger partial charge in [-0.05, 0) is 33.4 Å². The van der Waals surface area contributed by atoms with Crippen LogP contribution in [0.4, 0.5) is 0 Å². The molecule has 0 amide bonds. The van der Waals surface area contributed by atoms with E-state index >= 15 is 0 Å². The summed E-state index contributed by atoms with van der Waals surface area (Å²) in [5.41, 5.74) is 13.7. The van der Waals surface area contributed by atoms with Gasteiger partial charge in [0, 0.05) is 18.3 Å². The summed E-state index contributed by atoms with van der Waals surface area (Å²) in [4.78, 5) is 17.5. The molecule has 0 spiro atoms. The fourth-order valence-corrected chi connectivity index (χ4v) is 4.20. The highest BCUT2D eigenvalue weighted by Crippen LogP contribution is 2.36. The van der Waals surface area contributed by atoms with Crippen LogP contribution in [0.2, 0.25) is 0 Å². The van der Waals surface area contributed by atoms with E-state index in [9.17, 15) is 4.79 Å². The van der Waals surface area contributed by atoms with Crippen molar-refractivity contribution in [3.63, 3.8) is 0 Å². The van der Waals surface area contributed by atoms with Gasteiger partial charge >= 0.3 is 5.97 Å². The Balaban J connectivity index is 0.000000236. The standard InChI is InChI=1S/C26H20.C7H11N3O2/c1-5-13-21(14-6-1)25(22-15-7-2-8-16-22)26(23-17-9-3-10-18-23)24-19-11-4-12-20-24;1-12-7(11)6(8)2-5-3-9-4-10-5/h1-20H;3-4,6H,2,8H2,1H3,(H,9,10). The fraction of sp³-hybridized carbons (Fsp3) is 0.0909. The van der Waals surface area contributed by atoms with Crippen molar-refractivity contribution >= 4 is 17.1 Å². The largest absolute Gasteiger partial charge is 0.468 e. The van der Waals surface area contributed by atoms with Crippen LogP contribution in [0, 0.1) is 0 Å². The Morgan fingerprint density at radius 1 is 0.711 bits per heavy atom. The number of rotatable bonds is 7. The average Bonchev–Trinajstić information content (AvgIpc) is 3.50. The van der Waals surface area contributed by atoms with Gasteiger partial charge < -0.3 is 15.5 Å². The topological polar surface area (TPSA) is 81.0 Å². The highest BCUT2D eigenvalue weighted by molar-refractivity contribution is 6.04. The number of nitrogens with zero attached hydrogens (tertiary/aromatic N) is 1. The molecule has 0 aliphatic rings. The van der Waals surface area contributed by atoms with Gasteiger partial charge in [0.1, 0.15) is 6.04 Å². The van der Waals surface area contributed by atoms with E-state index < -0.39 is 12.0 Å². The van der Waals surface area contributed by atoms with Gasteiger partial charge in [-0.2, -0.15) is 0 Å². The van der Waals surface area contributed by atoms with Crippen molar-refractivity contribution in [1.82, 2.24) is 9.97 Å². The predicted octanol–water partition coefficient (Wildman–Crippen LogP) is 6.15. The molecule has 0 aliphatic carbocycles. The van der Waals surface area contributed by atoms with Crippen LogP contribution in [0.3, 0.4) is 0 Å². The molecule has 5 heteroatoms. The van der Waals surface area contributed by atoms with Crippen LogP contribution in [-0.4, -0.2) is 29.1 Å². The zero-order chi connectivity index (χ0) is 26.6. The molecule has 1 unspecified atom stereocenters. The Hall–Kier alpha value is -4.74. The summed E-state index contributed by atoms with van der Waals surface area (Å²) >= 11 is 0. The van der Waals surface area contributed by atoms with E-state index in [0.29, 0.717) is 6.42 Å². The van der Waals surface area contributed by atoms with Crippen LogP contribution >= 0.6 is 0 Å². The molecule has 5 aromatic rings. The van der Waals surface area contributed by atoms with E-state index in [1.165, 1.54) is 40.5 Å². The fourth-order valence-electron chi connectivity index (χ4n) is 4.20. The van der Waals surface area contributed by atoms with Crippen molar-refractivity contribution < 1.29 is 9.53 Å². The zero-order valence-corrected chi connectivity index (χ0v) is 21.3. The number of nitrogens with one attached hydrogen (secondary N) is 1. The number of benzene rings is 4. The SMILES string of the molecule is COC(=O)C(N)Cc1cnc[nH]1.c1ccc(C(=C(c2ccccc2)c2ccccc2)c2ccccc2)cc1. The maximum Gasteiger partial charge on any atom is 0.323 e. The Kier molecular flexibility index (Phi) is 9.38. The number of carbonyl (C=O) groups is 1. The van der Waals surface area contributed by atoms with Gasteiger partial charge in [-0.15, -0.1) is 0 Å². The van der Waals surface area contributed by atoms with Gasteiger partial charge in [0.05, 0.1) is 13.4 Å². The van der Waals surface area contributed by atoms with Gasteiger partial charge in [0.2, 0.25) is 0 Å². The number of carbonyl (C=O) groups excluding carboxylic acids is 1. The van der Waals surface area contributed by atoms with Crippen LogP contribution in [-0.2, 0) is 16.0 Å². The molecule has 5 nitrogen and oxygen atoms in total. The minimum atomic E-state index is -0.615. The summed E-state index contributed by atoms with van der Waals surface area (Å²) in [6.45, 7) is 0. The van der Waals surface area contributed by atoms with Crippen molar-refractivity contribution in [3.05, 3.63) is 162 Å². The van der Waals surface area contributed by atoms with Crippen molar-refractivity contribution in [2.75, 3.05) is 7.11 Å². The van der Waals surface area contributed by atoms with Gasteiger partial charge in [0.25, 0.3) is 0 Å². The minimum absolute atomic E-state index is 0.412. The summed E-state index contributed by atoms with van der Waals surface area (Å²) in [6.07, 6.45) is 3.59. The molecule has 3 N–H and O–H groups in total. The lowest BCUT2D eigenvalue weighted by atomic mass is 9.86. The monoisotopic (exact) mass is 501 g/mol. The molecular weight excluding hydrogens is 470 g/mol. The highest BCUT2D eigenvalue weighted by Gasteiger charge is 2.16. The average molecular weight is 502 g/mol. The third-order valence-corrected chi connectivity index (χ3v) is 6.00. The number of aromatic amines is 1. The number of ether oxygens (including phenoxy) is 1. The van der Waals surface area contributed by atoms with Crippen molar-refractivity contribution in [2.24, 2.45) is 5.73 Å². The first-order chi connectivity index (χ1) is 18.7. The quantitative estimate of drug-likeness (QED) is 0.207. The summed E-state index contributed by atoms with van der Waals surface area (Å²) in [7, 11) is 1.31. The lowest BCUT2D eigenvalue weighted by Gasteiger charge is -2.18. The molecule has 0 saturated heterocycles. The number of nitrogens with two attached hydrogens (primary N) is 1. The smallest absolute Gasteiger partial charge is 0.323 e. The molecule has 0 bridgehead atoms. The third kappa shape index (κ3) is 6.93. The lowest BCUT2D eigenvalue weighted by Crippen LogP contribution is -2.33. The number of hydrogen-bond donors (Lipinski definition) is 2. The molecule has 0 aliphatic heterocycles. The third-order valence-electron chi connectivity index (χ3n) is 6.00. The first-order valence-corrected chi connectivity index (χ1v) is 12.4. The normalized spacial score (nSPS) is 11.0. The molecule has 190 valence electrons. The molecule has 0 radical (unpaired) electrons. The molecule has 1 heterocycles. The molecule has 1 atom stereocenters. The van der Waals surface area contributed by atoms with Crippen molar-refractivity contribution in [2.45, 2.75) is 12.5 Å². The van der Waals surface area contributed by atoms with Crippen LogP contribution in [0.25, 0.3) is 11.1 Å². The Bertz CT molecular complexity index is 1250. The maximum absolute atomic E-state index is 10.9. The Morgan fingerprint density at radius 2 is 1.08 bits per heavy atom. The number of H-pyrrole nitrogens is 1. The second-order valence-electron chi connectivity index (χ2n) is 8.62. The van der Waals surface area contributed by atoms with Crippen LogP contribution < -0.4 is 5.73 Å². The van der Waals surface area contributed by atoms with Crippen molar-refractivity contribution in [3.8, 4) is 0 Å². The Labute approximate surface area is 223 Å². The minimum Gasteiger partial charge on any atom is -0.468 e. The number of esters is 1. The van der Waals surface area contributed by atoms with Crippen LogP contribution in [0.1, 0.15) is 27.9 Å². The van der Waals surface area contributed by atoms with Gasteiger partial charge in [0.15, 0.2) is 0 Å². The number of methoxy groups -OCH3 is 1. The summed E-state index contributed by atoms with van der Waals surface area (Å²) in [6, 6.07) is 42.0. The van der Waals surface area contributed by atoms with E-state index in [1.807, 2.05) is 0 Å². The van der Waals surface area contributed by atoms with Gasteiger partial charge in [-0.1, -0.05) is 121 Å². The molecule has 0 saturated carbocycles. The van der Waals surface area contributed by atoms with E-state index in [2.05, 4.69) is 136 Å². The van der Waals surface area contributed by atoms with E-state index in [4.69, 9.17) is 5.73 Å². The molecular formula is C33H31N3O2. The first-order valence-electron chi connectivity index (χ1n) is 12.4. The van der Waals surface area contributed by atoms with Crippen molar-refractivity contribution in [1.29, 1.82) is 0 Å². The molecule has 5 rings (SSSR count).